The van der Waals surface area contributed by atoms with Gasteiger partial charge in [0.2, 0.25) is 0 Å². The fourth-order valence-corrected chi connectivity index (χ4v) is 2.41. The Morgan fingerprint density at radius 2 is 1.90 bits per heavy atom. The number of methoxy groups -OCH3 is 1. The van der Waals surface area contributed by atoms with E-state index < -0.39 is 0 Å². The van der Waals surface area contributed by atoms with Gasteiger partial charge in [0.15, 0.2) is 0 Å². The molecule has 6 heteroatoms. The molecule has 0 saturated heterocycles. The number of ether oxygens (including phenoxy) is 1. The normalized spacial score (nSPS) is 10.3. The van der Waals surface area contributed by atoms with Crippen LogP contribution in [0, 0.1) is 6.92 Å². The number of rotatable bonds is 3. The van der Waals surface area contributed by atoms with Crippen LogP contribution in [-0.4, -0.2) is 13.0 Å². The van der Waals surface area contributed by atoms with Crippen LogP contribution in [0.3, 0.4) is 0 Å². The molecular formula is C15H12BrCl2NO2. The van der Waals surface area contributed by atoms with Crippen LogP contribution < -0.4 is 10.1 Å². The van der Waals surface area contributed by atoms with Crippen LogP contribution in [0.2, 0.25) is 10.0 Å². The molecule has 21 heavy (non-hydrogen) atoms. The Balaban J connectivity index is 2.31. The van der Waals surface area contributed by atoms with E-state index in [1.54, 1.807) is 30.3 Å². The molecule has 1 N–H and O–H groups in total. The van der Waals surface area contributed by atoms with E-state index in [4.69, 9.17) is 27.9 Å². The monoisotopic (exact) mass is 387 g/mol. The molecule has 0 bridgehead atoms. The zero-order valence-electron chi connectivity index (χ0n) is 11.3. The number of hydrogen-bond acceptors (Lipinski definition) is 2. The summed E-state index contributed by atoms with van der Waals surface area (Å²) in [7, 11) is 1.52. The van der Waals surface area contributed by atoms with Crippen molar-refractivity contribution in [2.45, 2.75) is 6.92 Å². The van der Waals surface area contributed by atoms with Crippen LogP contribution in [0.4, 0.5) is 5.69 Å². The van der Waals surface area contributed by atoms with Crippen molar-refractivity contribution in [3.8, 4) is 5.75 Å². The Morgan fingerprint density at radius 1 is 1.19 bits per heavy atom. The summed E-state index contributed by atoms with van der Waals surface area (Å²) in [4.78, 5) is 12.3. The predicted octanol–water partition coefficient (Wildman–Crippen LogP) is 5.33. The quantitative estimate of drug-likeness (QED) is 0.771. The summed E-state index contributed by atoms with van der Waals surface area (Å²) in [5.74, 6) is 0.249. The van der Waals surface area contributed by atoms with Gasteiger partial charge in [-0.1, -0.05) is 23.2 Å². The molecule has 0 atom stereocenters. The van der Waals surface area contributed by atoms with Crippen LogP contribution in [0.25, 0.3) is 0 Å². The second kappa shape index (κ2) is 6.69. The number of nitrogens with one attached hydrogen (secondary N) is 1. The van der Waals surface area contributed by atoms with E-state index in [1.807, 2.05) is 6.92 Å². The smallest absolute Gasteiger partial charge is 0.255 e. The molecule has 0 aliphatic rings. The number of amides is 1. The highest BCUT2D eigenvalue weighted by Crippen LogP contribution is 2.31. The van der Waals surface area contributed by atoms with Gasteiger partial charge in [-0.15, -0.1) is 0 Å². The van der Waals surface area contributed by atoms with Crippen molar-refractivity contribution >= 4 is 50.7 Å². The third-order valence-electron chi connectivity index (χ3n) is 2.91. The van der Waals surface area contributed by atoms with Gasteiger partial charge < -0.3 is 10.1 Å². The van der Waals surface area contributed by atoms with Gasteiger partial charge in [-0.3, -0.25) is 4.79 Å². The van der Waals surface area contributed by atoms with Crippen molar-refractivity contribution in [1.29, 1.82) is 0 Å². The van der Waals surface area contributed by atoms with E-state index in [9.17, 15) is 4.79 Å². The molecule has 0 radical (unpaired) electrons. The Kier molecular flexibility index (Phi) is 5.14. The van der Waals surface area contributed by atoms with Gasteiger partial charge in [-0.05, 0) is 52.7 Å². The van der Waals surface area contributed by atoms with E-state index in [2.05, 4.69) is 21.2 Å². The third-order valence-corrected chi connectivity index (χ3v) is 4.53. The van der Waals surface area contributed by atoms with Crippen LogP contribution in [0.15, 0.2) is 34.8 Å². The first-order valence-electron chi connectivity index (χ1n) is 6.03. The largest absolute Gasteiger partial charge is 0.495 e. The summed E-state index contributed by atoms with van der Waals surface area (Å²) in [6.45, 7) is 1.86. The third kappa shape index (κ3) is 3.70. The van der Waals surface area contributed by atoms with Crippen molar-refractivity contribution in [3.63, 3.8) is 0 Å². The topological polar surface area (TPSA) is 38.3 Å². The predicted molar refractivity (Wildman–Crippen MR) is 89.8 cm³/mol. The lowest BCUT2D eigenvalue weighted by molar-refractivity contribution is 0.102. The number of anilines is 1. The molecule has 0 aliphatic heterocycles. The molecule has 0 unspecified atom stereocenters. The summed E-state index contributed by atoms with van der Waals surface area (Å²) < 4.78 is 5.89. The van der Waals surface area contributed by atoms with Gasteiger partial charge in [-0.2, -0.15) is 0 Å². The number of hydrogen-bond donors (Lipinski definition) is 1. The highest BCUT2D eigenvalue weighted by Gasteiger charge is 2.13. The molecule has 2 aromatic carbocycles. The molecule has 2 aromatic rings. The van der Waals surface area contributed by atoms with E-state index in [0.717, 1.165) is 5.56 Å². The van der Waals surface area contributed by atoms with Gasteiger partial charge in [0, 0.05) is 21.1 Å². The Labute approximate surface area is 141 Å². The highest BCUT2D eigenvalue weighted by molar-refractivity contribution is 9.10. The molecule has 2 rings (SSSR count). The number of carbonyl (C=O) groups is 1. The molecule has 0 aromatic heterocycles. The van der Waals surface area contributed by atoms with Gasteiger partial charge in [-0.25, -0.2) is 0 Å². The summed E-state index contributed by atoms with van der Waals surface area (Å²) in [6, 6.07) is 8.41. The van der Waals surface area contributed by atoms with Gasteiger partial charge in [0.25, 0.3) is 5.91 Å². The van der Waals surface area contributed by atoms with Crippen LogP contribution in [-0.2, 0) is 0 Å². The number of aryl methyl sites for hydroxylation is 1. The second-order valence-electron chi connectivity index (χ2n) is 4.38. The first kappa shape index (κ1) is 16.1. The Bertz CT molecular complexity index is 704. The van der Waals surface area contributed by atoms with E-state index >= 15 is 0 Å². The van der Waals surface area contributed by atoms with Crippen molar-refractivity contribution in [2.75, 3.05) is 12.4 Å². The minimum Gasteiger partial charge on any atom is -0.495 e. The maximum Gasteiger partial charge on any atom is 0.255 e. The molecule has 0 saturated carbocycles. The summed E-state index contributed by atoms with van der Waals surface area (Å²) in [6.07, 6.45) is 0. The number of carbonyl (C=O) groups excluding carboxylic acids is 1. The molecule has 1 amide bonds. The molecule has 0 aliphatic carbocycles. The van der Waals surface area contributed by atoms with Crippen LogP contribution in [0.1, 0.15) is 15.9 Å². The Hall–Kier alpha value is -1.23. The van der Waals surface area contributed by atoms with Crippen molar-refractivity contribution in [1.82, 2.24) is 0 Å². The van der Waals surface area contributed by atoms with E-state index in [0.29, 0.717) is 31.5 Å². The first-order valence-corrected chi connectivity index (χ1v) is 7.58. The average molecular weight is 389 g/mol. The highest BCUT2D eigenvalue weighted by atomic mass is 79.9. The average Bonchev–Trinajstić information content (AvgIpc) is 2.45. The second-order valence-corrected chi connectivity index (χ2v) is 6.05. The number of benzene rings is 2. The maximum atomic E-state index is 12.3. The summed E-state index contributed by atoms with van der Waals surface area (Å²) in [5, 5.41) is 3.94. The van der Waals surface area contributed by atoms with Crippen molar-refractivity contribution < 1.29 is 9.53 Å². The fraction of sp³-hybridized carbons (Fsp3) is 0.133. The molecule has 0 heterocycles. The summed E-state index contributed by atoms with van der Waals surface area (Å²) in [5.41, 5.74) is 1.90. The maximum absolute atomic E-state index is 12.3. The lowest BCUT2D eigenvalue weighted by Gasteiger charge is -2.12. The van der Waals surface area contributed by atoms with Gasteiger partial charge >= 0.3 is 0 Å². The molecule has 3 nitrogen and oxygen atoms in total. The number of halogens is 3. The zero-order valence-corrected chi connectivity index (χ0v) is 14.4. The lowest BCUT2D eigenvalue weighted by Crippen LogP contribution is -2.13. The fourth-order valence-electron chi connectivity index (χ4n) is 1.76. The minimum absolute atomic E-state index is 0.257. The van der Waals surface area contributed by atoms with Crippen molar-refractivity contribution in [3.05, 3.63) is 56.0 Å². The Morgan fingerprint density at radius 3 is 2.52 bits per heavy atom. The standard InChI is InChI=1S/C15H12BrCl2NO2/c1-8-5-13(14(21-2)7-12(8)18)19-15(20)9-3-4-11(17)10(16)6-9/h3-7H,1-2H3,(H,19,20). The lowest BCUT2D eigenvalue weighted by atomic mass is 10.1. The van der Waals surface area contributed by atoms with Crippen LogP contribution in [0.5, 0.6) is 5.75 Å². The van der Waals surface area contributed by atoms with Crippen LogP contribution >= 0.6 is 39.1 Å². The van der Waals surface area contributed by atoms with Crippen molar-refractivity contribution in [2.24, 2.45) is 0 Å². The zero-order chi connectivity index (χ0) is 15.6. The van der Waals surface area contributed by atoms with E-state index in [1.165, 1.54) is 7.11 Å². The molecular weight excluding hydrogens is 377 g/mol. The summed E-state index contributed by atoms with van der Waals surface area (Å²) >= 11 is 15.3. The van der Waals surface area contributed by atoms with Gasteiger partial charge in [0.1, 0.15) is 5.75 Å². The first-order chi connectivity index (χ1) is 9.92. The molecule has 0 spiro atoms. The minimum atomic E-state index is -0.257. The molecule has 0 fully saturated rings. The SMILES string of the molecule is COc1cc(Cl)c(C)cc1NC(=O)c1ccc(Cl)c(Br)c1. The van der Waals surface area contributed by atoms with E-state index in [-0.39, 0.29) is 5.91 Å². The molecule has 110 valence electrons. The van der Waals surface area contributed by atoms with Gasteiger partial charge in [0.05, 0.1) is 17.8 Å².